The molecule has 1 saturated carbocycles. The van der Waals surface area contributed by atoms with Gasteiger partial charge in [0.15, 0.2) is 0 Å². The summed E-state index contributed by atoms with van der Waals surface area (Å²) >= 11 is 4.86. The third-order valence-electron chi connectivity index (χ3n) is 2.98. The van der Waals surface area contributed by atoms with Gasteiger partial charge in [-0.25, -0.2) is 4.98 Å². The lowest BCUT2D eigenvalue weighted by atomic mass is 9.83. The minimum atomic E-state index is 0.310. The van der Waals surface area contributed by atoms with E-state index in [1.165, 1.54) is 19.3 Å². The first-order valence-corrected chi connectivity index (χ1v) is 6.06. The van der Waals surface area contributed by atoms with E-state index in [-0.39, 0.29) is 0 Å². The van der Waals surface area contributed by atoms with Crippen molar-refractivity contribution in [3.63, 3.8) is 0 Å². The quantitative estimate of drug-likeness (QED) is 0.797. The minimum Gasteiger partial charge on any atom is -0.478 e. The maximum Gasteiger partial charge on any atom is 0.213 e. The molecular formula is C12H16N2OS. The Kier molecular flexibility index (Phi) is 3.72. The second-order valence-corrected chi connectivity index (χ2v) is 4.60. The molecule has 1 aliphatic rings. The molecule has 2 rings (SSSR count). The van der Waals surface area contributed by atoms with E-state index in [1.807, 2.05) is 12.1 Å². The number of aromatic nitrogens is 1. The largest absolute Gasteiger partial charge is 0.478 e. The van der Waals surface area contributed by atoms with Crippen LogP contribution in [0.15, 0.2) is 18.2 Å². The van der Waals surface area contributed by atoms with Gasteiger partial charge < -0.3 is 10.5 Å². The van der Waals surface area contributed by atoms with Crippen molar-refractivity contribution in [1.29, 1.82) is 0 Å². The summed E-state index contributed by atoms with van der Waals surface area (Å²) in [5.74, 6) is 1.48. The summed E-state index contributed by atoms with van der Waals surface area (Å²) in [4.78, 5) is 4.53. The zero-order valence-corrected chi connectivity index (χ0v) is 10.0. The van der Waals surface area contributed by atoms with Crippen LogP contribution in [0.25, 0.3) is 0 Å². The third kappa shape index (κ3) is 2.92. The first kappa shape index (κ1) is 11.3. The molecule has 0 bridgehead atoms. The highest BCUT2D eigenvalue weighted by Crippen LogP contribution is 2.29. The van der Waals surface area contributed by atoms with E-state index >= 15 is 0 Å². The maximum absolute atomic E-state index is 5.58. The topological polar surface area (TPSA) is 48.1 Å². The van der Waals surface area contributed by atoms with Gasteiger partial charge in [0.1, 0.15) is 10.7 Å². The lowest BCUT2D eigenvalue weighted by Gasteiger charge is -2.24. The van der Waals surface area contributed by atoms with E-state index in [1.54, 1.807) is 6.07 Å². The molecule has 0 aliphatic heterocycles. The lowest BCUT2D eigenvalue weighted by molar-refractivity contribution is 0.217. The van der Waals surface area contributed by atoms with Crippen molar-refractivity contribution >= 4 is 17.2 Å². The fourth-order valence-electron chi connectivity index (χ4n) is 1.74. The fourth-order valence-corrected chi connectivity index (χ4v) is 1.86. The molecule has 86 valence electrons. The molecule has 1 fully saturated rings. The number of hydrogen-bond acceptors (Lipinski definition) is 3. The van der Waals surface area contributed by atoms with E-state index in [4.69, 9.17) is 22.7 Å². The zero-order chi connectivity index (χ0) is 11.4. The molecule has 3 nitrogen and oxygen atoms in total. The molecule has 1 aliphatic carbocycles. The van der Waals surface area contributed by atoms with Crippen molar-refractivity contribution in [2.45, 2.75) is 25.7 Å². The molecule has 4 heteroatoms. The molecule has 1 aromatic heterocycles. The Morgan fingerprint density at radius 3 is 2.94 bits per heavy atom. The molecular weight excluding hydrogens is 220 g/mol. The highest BCUT2D eigenvalue weighted by molar-refractivity contribution is 7.80. The maximum atomic E-state index is 5.58. The molecule has 0 amide bonds. The van der Waals surface area contributed by atoms with Crippen molar-refractivity contribution in [2.75, 3.05) is 6.61 Å². The van der Waals surface area contributed by atoms with Crippen LogP contribution in [0.4, 0.5) is 0 Å². The predicted molar refractivity (Wildman–Crippen MR) is 67.6 cm³/mol. The molecule has 2 N–H and O–H groups in total. The van der Waals surface area contributed by atoms with Gasteiger partial charge in [-0.15, -0.1) is 0 Å². The number of rotatable bonds is 5. The van der Waals surface area contributed by atoms with Crippen LogP contribution >= 0.6 is 12.2 Å². The molecule has 0 saturated heterocycles. The smallest absolute Gasteiger partial charge is 0.213 e. The Hall–Kier alpha value is -1.16. The van der Waals surface area contributed by atoms with Gasteiger partial charge in [-0.3, -0.25) is 0 Å². The van der Waals surface area contributed by atoms with Crippen molar-refractivity contribution in [3.8, 4) is 5.88 Å². The SMILES string of the molecule is NC(=S)c1cccc(OCCC2CCC2)n1. The van der Waals surface area contributed by atoms with Crippen molar-refractivity contribution < 1.29 is 4.74 Å². The Morgan fingerprint density at radius 2 is 2.31 bits per heavy atom. The van der Waals surface area contributed by atoms with E-state index in [2.05, 4.69) is 4.98 Å². The Bertz CT molecular complexity index is 377. The first-order valence-electron chi connectivity index (χ1n) is 5.65. The molecule has 0 spiro atoms. The number of nitrogens with zero attached hydrogens (tertiary/aromatic N) is 1. The summed E-state index contributed by atoms with van der Waals surface area (Å²) in [6.45, 7) is 0.735. The van der Waals surface area contributed by atoms with E-state index in [9.17, 15) is 0 Å². The summed E-state index contributed by atoms with van der Waals surface area (Å²) in [5, 5.41) is 0. The molecule has 16 heavy (non-hydrogen) atoms. The first-order chi connectivity index (χ1) is 7.75. The van der Waals surface area contributed by atoms with Gasteiger partial charge >= 0.3 is 0 Å². The molecule has 1 aromatic rings. The van der Waals surface area contributed by atoms with Crippen LogP contribution in [0, 0.1) is 5.92 Å². The molecule has 0 radical (unpaired) electrons. The normalized spacial score (nSPS) is 15.5. The van der Waals surface area contributed by atoms with Gasteiger partial charge in [-0.2, -0.15) is 0 Å². The number of hydrogen-bond donors (Lipinski definition) is 1. The summed E-state index contributed by atoms with van der Waals surface area (Å²) < 4.78 is 5.58. The predicted octanol–water partition coefficient (Wildman–Crippen LogP) is 2.28. The fraction of sp³-hybridized carbons (Fsp3) is 0.500. The minimum absolute atomic E-state index is 0.310. The Morgan fingerprint density at radius 1 is 1.50 bits per heavy atom. The van der Waals surface area contributed by atoms with Gasteiger partial charge in [-0.05, 0) is 18.4 Å². The zero-order valence-electron chi connectivity index (χ0n) is 9.19. The van der Waals surface area contributed by atoms with Crippen LogP contribution in [0.5, 0.6) is 5.88 Å². The van der Waals surface area contributed by atoms with Gasteiger partial charge in [0.05, 0.1) is 6.61 Å². The van der Waals surface area contributed by atoms with E-state index in [0.717, 1.165) is 18.9 Å². The van der Waals surface area contributed by atoms with Crippen molar-refractivity contribution in [3.05, 3.63) is 23.9 Å². The number of thiocarbonyl (C=S) groups is 1. The van der Waals surface area contributed by atoms with Crippen LogP contribution in [0.2, 0.25) is 0 Å². The third-order valence-corrected chi connectivity index (χ3v) is 3.19. The van der Waals surface area contributed by atoms with Crippen LogP contribution in [-0.2, 0) is 0 Å². The summed E-state index contributed by atoms with van der Waals surface area (Å²) in [7, 11) is 0. The van der Waals surface area contributed by atoms with Gasteiger partial charge in [0.25, 0.3) is 0 Å². The van der Waals surface area contributed by atoms with E-state index < -0.39 is 0 Å². The Balaban J connectivity index is 1.83. The van der Waals surface area contributed by atoms with Crippen LogP contribution in [0.3, 0.4) is 0 Å². The average molecular weight is 236 g/mol. The highest BCUT2D eigenvalue weighted by Gasteiger charge is 2.16. The lowest BCUT2D eigenvalue weighted by Crippen LogP contribution is -2.15. The van der Waals surface area contributed by atoms with E-state index in [0.29, 0.717) is 16.6 Å². The monoisotopic (exact) mass is 236 g/mol. The van der Waals surface area contributed by atoms with Crippen molar-refractivity contribution in [1.82, 2.24) is 4.98 Å². The van der Waals surface area contributed by atoms with Crippen LogP contribution in [-0.4, -0.2) is 16.6 Å². The Labute approximate surface area is 101 Å². The van der Waals surface area contributed by atoms with Crippen LogP contribution in [0.1, 0.15) is 31.4 Å². The second-order valence-electron chi connectivity index (χ2n) is 4.16. The molecule has 0 aromatic carbocycles. The van der Waals surface area contributed by atoms with Crippen molar-refractivity contribution in [2.24, 2.45) is 11.7 Å². The van der Waals surface area contributed by atoms with Crippen LogP contribution < -0.4 is 10.5 Å². The highest BCUT2D eigenvalue weighted by atomic mass is 32.1. The molecule has 1 heterocycles. The van der Waals surface area contributed by atoms with Gasteiger partial charge in [-0.1, -0.05) is 37.5 Å². The number of nitrogens with two attached hydrogens (primary N) is 1. The van der Waals surface area contributed by atoms with Gasteiger partial charge in [0, 0.05) is 6.07 Å². The van der Waals surface area contributed by atoms with Gasteiger partial charge in [0.2, 0.25) is 5.88 Å². The number of ether oxygens (including phenoxy) is 1. The summed E-state index contributed by atoms with van der Waals surface area (Å²) in [6.07, 6.45) is 5.20. The standard InChI is InChI=1S/C12H16N2OS/c13-12(16)10-5-2-6-11(14-10)15-8-7-9-3-1-4-9/h2,5-6,9H,1,3-4,7-8H2,(H2,13,16). The molecule has 0 atom stereocenters. The summed E-state index contributed by atoms with van der Waals surface area (Å²) in [5.41, 5.74) is 6.13. The average Bonchev–Trinajstić information content (AvgIpc) is 2.22. The summed E-state index contributed by atoms with van der Waals surface area (Å²) in [6, 6.07) is 5.49. The second kappa shape index (κ2) is 5.25. The number of pyridine rings is 1. The molecule has 0 unspecified atom stereocenters.